The van der Waals surface area contributed by atoms with Gasteiger partial charge in [0.05, 0.1) is 32.8 Å². The first kappa shape index (κ1) is 12.5. The standard InChI is InChI=1S/C11H22NO.BrH/c1-12-7-3-2-6-11(12)10(9-13)5-4-8-12;/h10-11,13H,2-9H2,1H3;1H/q+1;/p-1/t10-,11?,12?;/m1./s1. The van der Waals surface area contributed by atoms with E-state index >= 15 is 0 Å². The van der Waals surface area contributed by atoms with Gasteiger partial charge in [-0.2, -0.15) is 0 Å². The molecule has 0 radical (unpaired) electrons. The Balaban J connectivity index is 0.000000980. The Morgan fingerprint density at radius 3 is 2.57 bits per heavy atom. The summed E-state index contributed by atoms with van der Waals surface area (Å²) in [7, 11) is 2.39. The maximum absolute atomic E-state index is 9.33. The molecule has 2 fully saturated rings. The smallest absolute Gasteiger partial charge is 0.0939 e. The quantitative estimate of drug-likeness (QED) is 0.565. The summed E-state index contributed by atoms with van der Waals surface area (Å²) < 4.78 is 1.26. The van der Waals surface area contributed by atoms with Gasteiger partial charge in [0.1, 0.15) is 0 Å². The van der Waals surface area contributed by atoms with Crippen LogP contribution in [0.15, 0.2) is 0 Å². The molecule has 0 saturated carbocycles. The summed E-state index contributed by atoms with van der Waals surface area (Å²) in [5, 5.41) is 9.33. The van der Waals surface area contributed by atoms with Crippen LogP contribution in [0.4, 0.5) is 0 Å². The zero-order chi connectivity index (χ0) is 9.31. The molecular formula is C11H22BrNO. The highest BCUT2D eigenvalue weighted by Gasteiger charge is 2.42. The van der Waals surface area contributed by atoms with Gasteiger partial charge in [0.2, 0.25) is 0 Å². The van der Waals surface area contributed by atoms with Crippen molar-refractivity contribution >= 4 is 0 Å². The third-order valence-electron chi connectivity index (χ3n) is 4.24. The molecule has 2 unspecified atom stereocenters. The molecule has 2 rings (SSSR count). The number of quaternary nitrogens is 1. The van der Waals surface area contributed by atoms with Crippen LogP contribution in [-0.4, -0.2) is 42.4 Å². The third kappa shape index (κ3) is 2.15. The number of aliphatic hydroxyl groups is 1. The van der Waals surface area contributed by atoms with Crippen LogP contribution in [0.1, 0.15) is 32.1 Å². The monoisotopic (exact) mass is 263 g/mol. The van der Waals surface area contributed by atoms with Crippen molar-refractivity contribution in [2.24, 2.45) is 5.92 Å². The normalized spacial score (nSPS) is 42.4. The van der Waals surface area contributed by atoms with E-state index in [0.29, 0.717) is 12.5 Å². The predicted octanol–water partition coefficient (Wildman–Crippen LogP) is -1.61. The van der Waals surface area contributed by atoms with Gasteiger partial charge in [-0.05, 0) is 25.7 Å². The summed E-state index contributed by atoms with van der Waals surface area (Å²) in [4.78, 5) is 0. The Bertz CT molecular complexity index is 184. The second-order valence-electron chi connectivity index (χ2n) is 5.07. The lowest BCUT2D eigenvalue weighted by atomic mass is 9.82. The van der Waals surface area contributed by atoms with Crippen molar-refractivity contribution in [3.63, 3.8) is 0 Å². The fourth-order valence-electron chi connectivity index (χ4n) is 3.45. The second-order valence-corrected chi connectivity index (χ2v) is 5.07. The van der Waals surface area contributed by atoms with E-state index in [9.17, 15) is 5.11 Å². The molecule has 0 aromatic carbocycles. The van der Waals surface area contributed by atoms with Crippen LogP contribution >= 0.6 is 0 Å². The van der Waals surface area contributed by atoms with Crippen molar-refractivity contribution in [1.29, 1.82) is 0 Å². The van der Waals surface area contributed by atoms with Gasteiger partial charge in [0, 0.05) is 12.3 Å². The summed E-state index contributed by atoms with van der Waals surface area (Å²) in [6.07, 6.45) is 6.70. The number of halogens is 1. The first-order valence-electron chi connectivity index (χ1n) is 5.71. The molecule has 14 heavy (non-hydrogen) atoms. The predicted molar refractivity (Wildman–Crippen MR) is 53.4 cm³/mol. The number of hydrogen-bond acceptors (Lipinski definition) is 1. The molecular weight excluding hydrogens is 242 g/mol. The SMILES string of the molecule is C[N+]12CCCCC1[C@@H](CO)CCC2.[Br-]. The largest absolute Gasteiger partial charge is 1.00 e. The van der Waals surface area contributed by atoms with Crippen molar-refractivity contribution in [2.45, 2.75) is 38.1 Å². The van der Waals surface area contributed by atoms with E-state index < -0.39 is 0 Å². The lowest BCUT2D eigenvalue weighted by molar-refractivity contribution is -0.947. The Labute approximate surface area is 97.7 Å². The van der Waals surface area contributed by atoms with Crippen molar-refractivity contribution in [3.8, 4) is 0 Å². The molecule has 1 N–H and O–H groups in total. The molecule has 0 bridgehead atoms. The highest BCUT2D eigenvalue weighted by Crippen LogP contribution is 2.35. The summed E-state index contributed by atoms with van der Waals surface area (Å²) >= 11 is 0. The minimum atomic E-state index is 0. The molecule has 2 aliphatic rings. The molecule has 0 amide bonds. The van der Waals surface area contributed by atoms with Crippen LogP contribution in [0.25, 0.3) is 0 Å². The van der Waals surface area contributed by atoms with Crippen LogP contribution < -0.4 is 17.0 Å². The Morgan fingerprint density at radius 2 is 1.86 bits per heavy atom. The van der Waals surface area contributed by atoms with Gasteiger partial charge < -0.3 is 26.6 Å². The van der Waals surface area contributed by atoms with E-state index in [2.05, 4.69) is 7.05 Å². The average Bonchev–Trinajstić information content (AvgIpc) is 2.15. The molecule has 0 aromatic heterocycles. The van der Waals surface area contributed by atoms with Gasteiger partial charge in [-0.25, -0.2) is 0 Å². The summed E-state index contributed by atoms with van der Waals surface area (Å²) in [5.74, 6) is 0.596. The van der Waals surface area contributed by atoms with E-state index in [0.717, 1.165) is 6.04 Å². The van der Waals surface area contributed by atoms with Gasteiger partial charge >= 0.3 is 0 Å². The highest BCUT2D eigenvalue weighted by molar-refractivity contribution is 4.77. The fourth-order valence-corrected chi connectivity index (χ4v) is 3.45. The van der Waals surface area contributed by atoms with E-state index in [1.807, 2.05) is 0 Å². The van der Waals surface area contributed by atoms with Crippen LogP contribution in [-0.2, 0) is 0 Å². The first-order chi connectivity index (χ1) is 6.26. The minimum absolute atomic E-state index is 0. The molecule has 0 aliphatic carbocycles. The summed E-state index contributed by atoms with van der Waals surface area (Å²) in [6.45, 7) is 3.11. The highest BCUT2D eigenvalue weighted by atomic mass is 79.9. The van der Waals surface area contributed by atoms with Crippen LogP contribution in [0.2, 0.25) is 0 Å². The fraction of sp³-hybridized carbons (Fsp3) is 1.00. The molecule has 0 spiro atoms. The van der Waals surface area contributed by atoms with Crippen molar-refractivity contribution in [2.75, 3.05) is 26.7 Å². The molecule has 3 heteroatoms. The lowest BCUT2D eigenvalue weighted by Gasteiger charge is -2.50. The third-order valence-corrected chi connectivity index (χ3v) is 4.24. The van der Waals surface area contributed by atoms with Crippen LogP contribution in [0, 0.1) is 5.92 Å². The van der Waals surface area contributed by atoms with Crippen molar-refractivity contribution < 1.29 is 26.6 Å². The van der Waals surface area contributed by atoms with E-state index in [1.54, 1.807) is 0 Å². The maximum atomic E-state index is 9.33. The van der Waals surface area contributed by atoms with E-state index in [-0.39, 0.29) is 17.0 Å². The Morgan fingerprint density at radius 1 is 1.14 bits per heavy atom. The number of nitrogens with zero attached hydrogens (tertiary/aromatic N) is 1. The number of hydrogen-bond donors (Lipinski definition) is 1. The molecule has 2 saturated heterocycles. The summed E-state index contributed by atoms with van der Waals surface area (Å²) in [5.41, 5.74) is 0. The van der Waals surface area contributed by atoms with Gasteiger partial charge in [0.25, 0.3) is 0 Å². The van der Waals surface area contributed by atoms with Gasteiger partial charge in [-0.1, -0.05) is 0 Å². The number of piperidine rings is 2. The molecule has 2 heterocycles. The number of fused-ring (bicyclic) bond motifs is 1. The zero-order valence-electron chi connectivity index (χ0n) is 9.08. The first-order valence-corrected chi connectivity index (χ1v) is 5.71. The Kier molecular flexibility index (Phi) is 4.41. The topological polar surface area (TPSA) is 20.2 Å². The van der Waals surface area contributed by atoms with E-state index in [1.165, 1.54) is 49.7 Å². The van der Waals surface area contributed by atoms with Gasteiger partial charge in [-0.15, -0.1) is 0 Å². The van der Waals surface area contributed by atoms with Crippen molar-refractivity contribution in [3.05, 3.63) is 0 Å². The van der Waals surface area contributed by atoms with Gasteiger partial charge in [0.15, 0.2) is 0 Å². The average molecular weight is 264 g/mol. The molecule has 84 valence electrons. The molecule has 2 nitrogen and oxygen atoms in total. The minimum Gasteiger partial charge on any atom is -1.00 e. The maximum Gasteiger partial charge on any atom is 0.0939 e. The molecule has 3 atom stereocenters. The summed E-state index contributed by atoms with van der Waals surface area (Å²) in [6, 6.07) is 0.771. The zero-order valence-corrected chi connectivity index (χ0v) is 10.7. The van der Waals surface area contributed by atoms with Crippen molar-refractivity contribution in [1.82, 2.24) is 0 Å². The van der Waals surface area contributed by atoms with Gasteiger partial charge in [-0.3, -0.25) is 0 Å². The molecule has 0 aromatic rings. The molecule has 2 aliphatic heterocycles. The Hall–Kier alpha value is 0.400. The lowest BCUT2D eigenvalue weighted by Crippen LogP contribution is -3.00. The van der Waals surface area contributed by atoms with Crippen LogP contribution in [0.5, 0.6) is 0 Å². The number of rotatable bonds is 1. The van der Waals surface area contributed by atoms with Crippen LogP contribution in [0.3, 0.4) is 0 Å². The number of aliphatic hydroxyl groups excluding tert-OH is 1. The van der Waals surface area contributed by atoms with E-state index in [4.69, 9.17) is 0 Å². The second kappa shape index (κ2) is 4.95.